The number of ether oxygens (including phenoxy) is 1. The van der Waals surface area contributed by atoms with Gasteiger partial charge in [0.05, 0.1) is 6.61 Å². The van der Waals surface area contributed by atoms with Crippen LogP contribution in [0.3, 0.4) is 0 Å². The third-order valence-electron chi connectivity index (χ3n) is 1.57. The summed E-state index contributed by atoms with van der Waals surface area (Å²) in [6.07, 6.45) is 0.319. The number of likely N-dealkylation sites (N-methyl/N-ethyl adjacent to an activating group) is 1. The monoisotopic (exact) mass is 144 g/mol. The maximum atomic E-state index is 10.9. The van der Waals surface area contributed by atoms with Gasteiger partial charge in [0.1, 0.15) is 6.10 Å². The molecule has 1 amide bonds. The van der Waals surface area contributed by atoms with Gasteiger partial charge in [-0.1, -0.05) is 0 Å². The van der Waals surface area contributed by atoms with Crippen molar-refractivity contribution in [2.24, 2.45) is 5.73 Å². The fraction of sp³-hybridized carbons (Fsp3) is 0.833. The van der Waals surface area contributed by atoms with Crippen molar-refractivity contribution in [1.29, 1.82) is 0 Å². The molecule has 1 heterocycles. The molecule has 3 N–H and O–H groups in total. The number of hydrogen-bond donors (Lipinski definition) is 2. The van der Waals surface area contributed by atoms with Crippen LogP contribution in [0.2, 0.25) is 0 Å². The maximum Gasteiger partial charge on any atom is 0.248 e. The number of nitrogens with one attached hydrogen (secondary N) is 1. The maximum absolute atomic E-state index is 10.9. The second kappa shape index (κ2) is 2.98. The van der Waals surface area contributed by atoms with Crippen molar-refractivity contribution in [2.45, 2.75) is 18.6 Å². The zero-order valence-corrected chi connectivity index (χ0v) is 5.96. The van der Waals surface area contributed by atoms with Crippen molar-refractivity contribution in [3.8, 4) is 0 Å². The van der Waals surface area contributed by atoms with E-state index >= 15 is 0 Å². The van der Waals surface area contributed by atoms with Gasteiger partial charge in [0, 0.05) is 13.1 Å². The second-order valence-electron chi connectivity index (χ2n) is 2.43. The highest BCUT2D eigenvalue weighted by atomic mass is 16.5. The van der Waals surface area contributed by atoms with Crippen LogP contribution in [0.25, 0.3) is 0 Å². The number of hydrogen-bond acceptors (Lipinski definition) is 3. The van der Waals surface area contributed by atoms with Crippen LogP contribution in [0, 0.1) is 0 Å². The average Bonchev–Trinajstić information content (AvgIpc) is 2.34. The average molecular weight is 144 g/mol. The van der Waals surface area contributed by atoms with Crippen LogP contribution in [-0.2, 0) is 9.53 Å². The van der Waals surface area contributed by atoms with E-state index in [1.807, 2.05) is 0 Å². The molecule has 2 atom stereocenters. The molecule has 0 aromatic heterocycles. The summed E-state index contributed by atoms with van der Waals surface area (Å²) in [5.74, 6) is -0.0760. The fourth-order valence-corrected chi connectivity index (χ4v) is 0.995. The quantitative estimate of drug-likeness (QED) is 0.488. The van der Waals surface area contributed by atoms with Gasteiger partial charge in [-0.2, -0.15) is 0 Å². The molecular formula is C6H12N2O2. The molecule has 1 rings (SSSR count). The second-order valence-corrected chi connectivity index (χ2v) is 2.43. The minimum absolute atomic E-state index is 0.0299. The van der Waals surface area contributed by atoms with E-state index in [4.69, 9.17) is 10.5 Å². The summed E-state index contributed by atoms with van der Waals surface area (Å²) in [4.78, 5) is 10.9. The molecule has 1 aliphatic heterocycles. The lowest BCUT2D eigenvalue weighted by Gasteiger charge is -2.05. The van der Waals surface area contributed by atoms with Crippen LogP contribution >= 0.6 is 0 Å². The van der Waals surface area contributed by atoms with Crippen LogP contribution in [0.15, 0.2) is 0 Å². The minimum atomic E-state index is -0.319. The molecule has 0 saturated carbocycles. The third-order valence-corrected chi connectivity index (χ3v) is 1.57. The molecular weight excluding hydrogens is 132 g/mol. The van der Waals surface area contributed by atoms with E-state index in [0.29, 0.717) is 13.0 Å². The van der Waals surface area contributed by atoms with Crippen LogP contribution in [0.1, 0.15) is 6.42 Å². The van der Waals surface area contributed by atoms with Gasteiger partial charge in [-0.15, -0.1) is 0 Å². The first-order chi connectivity index (χ1) is 4.74. The highest BCUT2D eigenvalue weighted by Gasteiger charge is 2.27. The van der Waals surface area contributed by atoms with Gasteiger partial charge in [-0.05, 0) is 6.42 Å². The van der Waals surface area contributed by atoms with Crippen LogP contribution < -0.4 is 11.1 Å². The smallest absolute Gasteiger partial charge is 0.248 e. The topological polar surface area (TPSA) is 64.4 Å². The van der Waals surface area contributed by atoms with Crippen molar-refractivity contribution in [3.63, 3.8) is 0 Å². The zero-order chi connectivity index (χ0) is 7.56. The lowest BCUT2D eigenvalue weighted by Crippen LogP contribution is -2.31. The Bertz CT molecular complexity index is 138. The number of rotatable bonds is 1. The molecule has 0 bridgehead atoms. The predicted molar refractivity (Wildman–Crippen MR) is 36.4 cm³/mol. The summed E-state index contributed by atoms with van der Waals surface area (Å²) in [5, 5.41) is 2.51. The summed E-state index contributed by atoms with van der Waals surface area (Å²) in [7, 11) is 1.59. The van der Waals surface area contributed by atoms with Gasteiger partial charge in [0.25, 0.3) is 0 Å². The lowest BCUT2D eigenvalue weighted by molar-refractivity contribution is -0.129. The molecule has 1 fully saturated rings. The fourth-order valence-electron chi connectivity index (χ4n) is 0.995. The standard InChI is InChI=1S/C6H12N2O2/c1-8-6(9)5-2-4(7)3-10-5/h4-5H,2-3,7H2,1H3,(H,8,9)/t4-,5-/m0/s1. The Kier molecular flexibility index (Phi) is 2.24. The highest BCUT2D eigenvalue weighted by molar-refractivity contribution is 5.80. The Balaban J connectivity index is 2.37. The first-order valence-electron chi connectivity index (χ1n) is 3.33. The Morgan fingerprint density at radius 1 is 1.80 bits per heavy atom. The highest BCUT2D eigenvalue weighted by Crippen LogP contribution is 2.10. The van der Waals surface area contributed by atoms with Crippen molar-refractivity contribution in [3.05, 3.63) is 0 Å². The normalized spacial score (nSPS) is 32.2. The number of carbonyl (C=O) groups excluding carboxylic acids is 1. The Hall–Kier alpha value is -0.610. The van der Waals surface area contributed by atoms with E-state index in [1.165, 1.54) is 0 Å². The minimum Gasteiger partial charge on any atom is -0.367 e. The van der Waals surface area contributed by atoms with Gasteiger partial charge < -0.3 is 15.8 Å². The summed E-state index contributed by atoms with van der Waals surface area (Å²) in [5.41, 5.74) is 5.51. The summed E-state index contributed by atoms with van der Waals surface area (Å²) in [6, 6.07) is 0.0299. The first-order valence-corrected chi connectivity index (χ1v) is 3.33. The van der Waals surface area contributed by atoms with Gasteiger partial charge >= 0.3 is 0 Å². The molecule has 1 saturated heterocycles. The molecule has 0 unspecified atom stereocenters. The first kappa shape index (κ1) is 7.50. The molecule has 10 heavy (non-hydrogen) atoms. The van der Waals surface area contributed by atoms with Gasteiger partial charge in [-0.25, -0.2) is 0 Å². The Morgan fingerprint density at radius 3 is 2.90 bits per heavy atom. The Morgan fingerprint density at radius 2 is 2.50 bits per heavy atom. The van der Waals surface area contributed by atoms with E-state index in [0.717, 1.165) is 0 Å². The van der Waals surface area contributed by atoms with Crippen LogP contribution in [-0.4, -0.2) is 31.7 Å². The Labute approximate surface area is 59.7 Å². The molecule has 4 heteroatoms. The SMILES string of the molecule is CNC(=O)[C@@H]1C[C@H](N)CO1. The van der Waals surface area contributed by atoms with Crippen molar-refractivity contribution < 1.29 is 9.53 Å². The largest absolute Gasteiger partial charge is 0.367 e. The van der Waals surface area contributed by atoms with E-state index in [9.17, 15) is 4.79 Å². The van der Waals surface area contributed by atoms with Crippen molar-refractivity contribution in [1.82, 2.24) is 5.32 Å². The molecule has 0 radical (unpaired) electrons. The summed E-state index contributed by atoms with van der Waals surface area (Å²) < 4.78 is 5.08. The van der Waals surface area contributed by atoms with Crippen molar-refractivity contribution >= 4 is 5.91 Å². The van der Waals surface area contributed by atoms with Crippen LogP contribution in [0.4, 0.5) is 0 Å². The van der Waals surface area contributed by atoms with Gasteiger partial charge in [0.15, 0.2) is 0 Å². The molecule has 0 aromatic carbocycles. The molecule has 0 aliphatic carbocycles. The third kappa shape index (κ3) is 1.46. The summed E-state index contributed by atoms with van der Waals surface area (Å²) in [6.45, 7) is 0.498. The summed E-state index contributed by atoms with van der Waals surface area (Å²) >= 11 is 0. The van der Waals surface area contributed by atoms with E-state index < -0.39 is 0 Å². The van der Waals surface area contributed by atoms with Gasteiger partial charge in [-0.3, -0.25) is 4.79 Å². The molecule has 58 valence electrons. The van der Waals surface area contributed by atoms with Crippen molar-refractivity contribution in [2.75, 3.05) is 13.7 Å². The van der Waals surface area contributed by atoms with E-state index in [-0.39, 0.29) is 18.1 Å². The number of amides is 1. The molecule has 0 aromatic rings. The number of carbonyl (C=O) groups is 1. The number of nitrogens with two attached hydrogens (primary N) is 1. The molecule has 4 nitrogen and oxygen atoms in total. The predicted octanol–water partition coefficient (Wildman–Crippen LogP) is -1.15. The zero-order valence-electron chi connectivity index (χ0n) is 5.96. The molecule has 0 spiro atoms. The van der Waals surface area contributed by atoms with Crippen LogP contribution in [0.5, 0.6) is 0 Å². The van der Waals surface area contributed by atoms with E-state index in [2.05, 4.69) is 5.32 Å². The van der Waals surface area contributed by atoms with E-state index in [1.54, 1.807) is 7.05 Å². The molecule has 1 aliphatic rings. The van der Waals surface area contributed by atoms with Gasteiger partial charge in [0.2, 0.25) is 5.91 Å². The lowest BCUT2D eigenvalue weighted by atomic mass is 10.2.